The normalized spacial score (nSPS) is 11.8. The van der Waals surface area contributed by atoms with E-state index in [1.807, 2.05) is 25.1 Å². The van der Waals surface area contributed by atoms with E-state index in [1.165, 1.54) is 0 Å². The molecule has 0 atom stereocenters. The molecule has 0 heterocycles. The lowest BCUT2D eigenvalue weighted by Gasteiger charge is -2.01. The van der Waals surface area contributed by atoms with E-state index in [0.717, 1.165) is 11.1 Å². The van der Waals surface area contributed by atoms with Crippen molar-refractivity contribution in [3.8, 4) is 0 Å². The average Bonchev–Trinajstić information content (AvgIpc) is 2.13. The van der Waals surface area contributed by atoms with Crippen molar-refractivity contribution in [3.05, 3.63) is 39.4 Å². The second kappa shape index (κ2) is 4.66. The Balaban J connectivity index is 3.09. The predicted octanol–water partition coefficient (Wildman–Crippen LogP) is 3.36. The quantitative estimate of drug-likeness (QED) is 0.805. The second-order valence-electron chi connectivity index (χ2n) is 2.84. The molecule has 0 unspecified atom stereocenters. The summed E-state index contributed by atoms with van der Waals surface area (Å²) in [6, 6.07) is 5.54. The van der Waals surface area contributed by atoms with Gasteiger partial charge in [-0.25, -0.2) is 0 Å². The molecule has 1 rings (SSSR count). The summed E-state index contributed by atoms with van der Waals surface area (Å²) in [5.41, 5.74) is 7.45. The van der Waals surface area contributed by atoms with Crippen molar-refractivity contribution in [2.45, 2.75) is 6.92 Å². The topological polar surface area (TPSA) is 26.0 Å². The van der Waals surface area contributed by atoms with E-state index < -0.39 is 0 Å². The molecule has 0 fully saturated rings. The number of hydrogen-bond acceptors (Lipinski definition) is 1. The van der Waals surface area contributed by atoms with E-state index in [1.54, 1.807) is 6.07 Å². The van der Waals surface area contributed by atoms with Gasteiger partial charge in [-0.05, 0) is 18.6 Å². The van der Waals surface area contributed by atoms with Crippen LogP contribution in [0.25, 0.3) is 6.08 Å². The van der Waals surface area contributed by atoms with Gasteiger partial charge in [0.25, 0.3) is 0 Å². The minimum atomic E-state index is 0.531. The van der Waals surface area contributed by atoms with Crippen LogP contribution in [-0.2, 0) is 0 Å². The highest BCUT2D eigenvalue weighted by Gasteiger charge is 2.01. The molecule has 0 saturated carbocycles. The lowest BCUT2D eigenvalue weighted by molar-refractivity contribution is 1.15. The van der Waals surface area contributed by atoms with E-state index in [-0.39, 0.29) is 0 Å². The molecule has 1 aromatic carbocycles. The van der Waals surface area contributed by atoms with Gasteiger partial charge in [0.05, 0.1) is 10.0 Å². The Kier molecular flexibility index (Phi) is 3.79. The zero-order valence-corrected chi connectivity index (χ0v) is 8.86. The van der Waals surface area contributed by atoms with Crippen LogP contribution in [0.2, 0.25) is 10.0 Å². The van der Waals surface area contributed by atoms with Gasteiger partial charge in [0, 0.05) is 6.54 Å². The van der Waals surface area contributed by atoms with E-state index in [9.17, 15) is 0 Å². The Bertz CT molecular complexity index is 332. The Morgan fingerprint density at radius 1 is 1.46 bits per heavy atom. The molecule has 0 aliphatic carbocycles. The number of nitrogens with two attached hydrogens (primary N) is 1. The Hall–Kier alpha value is -0.500. The fourth-order valence-electron chi connectivity index (χ4n) is 0.956. The molecule has 0 aromatic heterocycles. The van der Waals surface area contributed by atoms with Crippen molar-refractivity contribution in [1.82, 2.24) is 0 Å². The number of hydrogen-bond donors (Lipinski definition) is 1. The van der Waals surface area contributed by atoms with E-state index in [2.05, 4.69) is 0 Å². The number of halogens is 2. The molecule has 2 N–H and O–H groups in total. The molecular formula is C10H11Cl2N. The third-order valence-corrected chi connectivity index (χ3v) is 2.54. The van der Waals surface area contributed by atoms with Crippen molar-refractivity contribution in [2.24, 2.45) is 5.73 Å². The summed E-state index contributed by atoms with van der Waals surface area (Å²) >= 11 is 11.8. The highest BCUT2D eigenvalue weighted by Crippen LogP contribution is 2.26. The maximum atomic E-state index is 5.98. The zero-order valence-electron chi connectivity index (χ0n) is 7.35. The summed E-state index contributed by atoms with van der Waals surface area (Å²) < 4.78 is 0. The van der Waals surface area contributed by atoms with Gasteiger partial charge in [-0.3, -0.25) is 0 Å². The van der Waals surface area contributed by atoms with E-state index in [0.29, 0.717) is 16.6 Å². The molecule has 3 heteroatoms. The molecule has 70 valence electrons. The zero-order chi connectivity index (χ0) is 9.84. The summed E-state index contributed by atoms with van der Waals surface area (Å²) in [5.74, 6) is 0. The van der Waals surface area contributed by atoms with Crippen molar-refractivity contribution >= 4 is 29.3 Å². The van der Waals surface area contributed by atoms with Crippen molar-refractivity contribution in [3.63, 3.8) is 0 Å². The molecule has 0 amide bonds. The number of benzene rings is 1. The average molecular weight is 216 g/mol. The van der Waals surface area contributed by atoms with Crippen LogP contribution in [-0.4, -0.2) is 6.54 Å². The first-order chi connectivity index (χ1) is 6.15. The van der Waals surface area contributed by atoms with Crippen LogP contribution in [0.15, 0.2) is 23.8 Å². The highest BCUT2D eigenvalue weighted by atomic mass is 35.5. The van der Waals surface area contributed by atoms with Crippen LogP contribution in [0.5, 0.6) is 0 Å². The summed E-state index contributed by atoms with van der Waals surface area (Å²) in [7, 11) is 0. The number of rotatable bonds is 2. The van der Waals surface area contributed by atoms with Crippen LogP contribution in [0, 0.1) is 0 Å². The van der Waals surface area contributed by atoms with Crippen LogP contribution in [0.4, 0.5) is 0 Å². The van der Waals surface area contributed by atoms with Gasteiger partial charge in [0.1, 0.15) is 0 Å². The fourth-order valence-corrected chi connectivity index (χ4v) is 1.32. The molecule has 0 radical (unpaired) electrons. The van der Waals surface area contributed by atoms with Crippen LogP contribution in [0.1, 0.15) is 12.5 Å². The van der Waals surface area contributed by atoms with E-state index in [4.69, 9.17) is 28.9 Å². The fraction of sp³-hybridized carbons (Fsp3) is 0.200. The molecule has 1 nitrogen and oxygen atoms in total. The standard InChI is InChI=1S/C10H11Cl2N/c1-7(6-13)5-8-3-2-4-9(11)10(8)12/h2-5H,6,13H2,1H3/b7-5-. The highest BCUT2D eigenvalue weighted by molar-refractivity contribution is 6.42. The first-order valence-corrected chi connectivity index (χ1v) is 4.72. The first-order valence-electron chi connectivity index (χ1n) is 3.96. The Labute approximate surface area is 88.1 Å². The van der Waals surface area contributed by atoms with Gasteiger partial charge >= 0.3 is 0 Å². The van der Waals surface area contributed by atoms with Gasteiger partial charge in [0.2, 0.25) is 0 Å². The maximum Gasteiger partial charge on any atom is 0.0664 e. The largest absolute Gasteiger partial charge is 0.327 e. The SMILES string of the molecule is C/C(=C/c1cccc(Cl)c1Cl)CN. The molecule has 0 bridgehead atoms. The van der Waals surface area contributed by atoms with E-state index >= 15 is 0 Å². The second-order valence-corrected chi connectivity index (χ2v) is 3.62. The molecule has 0 spiro atoms. The third kappa shape index (κ3) is 2.73. The molecular weight excluding hydrogens is 205 g/mol. The van der Waals surface area contributed by atoms with Gasteiger partial charge in [0.15, 0.2) is 0 Å². The minimum Gasteiger partial charge on any atom is -0.327 e. The van der Waals surface area contributed by atoms with Crippen LogP contribution >= 0.6 is 23.2 Å². The molecule has 1 aromatic rings. The van der Waals surface area contributed by atoms with Gasteiger partial charge in [-0.15, -0.1) is 0 Å². The van der Waals surface area contributed by atoms with Crippen molar-refractivity contribution < 1.29 is 0 Å². The minimum absolute atomic E-state index is 0.531. The van der Waals surface area contributed by atoms with Gasteiger partial charge in [-0.1, -0.05) is 47.0 Å². The smallest absolute Gasteiger partial charge is 0.0664 e. The predicted molar refractivity (Wildman–Crippen MR) is 59.2 cm³/mol. The van der Waals surface area contributed by atoms with Crippen molar-refractivity contribution in [2.75, 3.05) is 6.54 Å². The van der Waals surface area contributed by atoms with Gasteiger partial charge < -0.3 is 5.73 Å². The third-order valence-electron chi connectivity index (χ3n) is 1.71. The summed E-state index contributed by atoms with van der Waals surface area (Å²) in [5, 5.41) is 1.15. The monoisotopic (exact) mass is 215 g/mol. The summed E-state index contributed by atoms with van der Waals surface area (Å²) in [4.78, 5) is 0. The Morgan fingerprint density at radius 3 is 2.77 bits per heavy atom. The summed E-state index contributed by atoms with van der Waals surface area (Å²) in [6.45, 7) is 2.49. The maximum absolute atomic E-state index is 5.98. The van der Waals surface area contributed by atoms with Crippen molar-refractivity contribution in [1.29, 1.82) is 0 Å². The molecule has 0 aliphatic heterocycles. The molecule has 0 saturated heterocycles. The lowest BCUT2D eigenvalue weighted by Crippen LogP contribution is -1.99. The first kappa shape index (κ1) is 10.6. The summed E-state index contributed by atoms with van der Waals surface area (Å²) in [6.07, 6.45) is 1.94. The molecule has 13 heavy (non-hydrogen) atoms. The van der Waals surface area contributed by atoms with Gasteiger partial charge in [-0.2, -0.15) is 0 Å². The Morgan fingerprint density at radius 2 is 2.15 bits per heavy atom. The van der Waals surface area contributed by atoms with Crippen LogP contribution < -0.4 is 5.73 Å². The van der Waals surface area contributed by atoms with Crippen LogP contribution in [0.3, 0.4) is 0 Å². The lowest BCUT2D eigenvalue weighted by atomic mass is 10.1. The molecule has 0 aliphatic rings.